The highest BCUT2D eigenvalue weighted by Crippen LogP contribution is 2.42. The molecule has 1 N–H and O–H groups in total. The maximum absolute atomic E-state index is 11.4. The fourth-order valence-electron chi connectivity index (χ4n) is 0.894. The average Bonchev–Trinajstić information content (AvgIpc) is 2.13. The molecule has 0 bridgehead atoms. The van der Waals surface area contributed by atoms with Crippen LogP contribution in [-0.4, -0.2) is 56.9 Å². The van der Waals surface area contributed by atoms with Crippen molar-refractivity contribution in [3.05, 3.63) is 11.8 Å². The van der Waals surface area contributed by atoms with E-state index < -0.39 is 7.82 Å². The first kappa shape index (κ1) is 17.6. The lowest BCUT2D eigenvalue weighted by atomic mass is 10.4. The molecule has 0 fully saturated rings. The minimum absolute atomic E-state index is 0.0158. The zero-order valence-electron chi connectivity index (χ0n) is 11.9. The summed E-state index contributed by atoms with van der Waals surface area (Å²) in [5.74, 6) is 0. The van der Waals surface area contributed by atoms with Gasteiger partial charge in [-0.2, -0.15) is 0 Å². The van der Waals surface area contributed by atoms with Crippen molar-refractivity contribution in [3.8, 4) is 0 Å². The van der Waals surface area contributed by atoms with Crippen molar-refractivity contribution in [2.45, 2.75) is 13.8 Å². The number of quaternary nitrogens is 1. The third kappa shape index (κ3) is 12.1. The normalized spacial score (nSPS) is 15.0. The lowest BCUT2D eigenvalue weighted by molar-refractivity contribution is -0.870. The van der Waals surface area contributed by atoms with Crippen LogP contribution < -0.4 is 0 Å². The van der Waals surface area contributed by atoms with Gasteiger partial charge in [0.2, 0.25) is 0 Å². The molecule has 0 aromatic heterocycles. The van der Waals surface area contributed by atoms with Crippen LogP contribution in [0.25, 0.3) is 0 Å². The SMILES string of the molecule is CC(C)=COCCOP(=O)(O)OCC[N+](C)(C)C. The summed E-state index contributed by atoms with van der Waals surface area (Å²) in [5, 5.41) is 0. The monoisotopic (exact) mass is 282 g/mol. The smallest absolute Gasteiger partial charge is 0.472 e. The molecule has 0 aliphatic carbocycles. The van der Waals surface area contributed by atoms with E-state index in [9.17, 15) is 9.46 Å². The predicted octanol–water partition coefficient (Wildman–Crippen LogP) is 1.77. The van der Waals surface area contributed by atoms with Gasteiger partial charge in [-0.15, -0.1) is 0 Å². The third-order valence-electron chi connectivity index (χ3n) is 1.79. The van der Waals surface area contributed by atoms with E-state index in [-0.39, 0.29) is 19.8 Å². The van der Waals surface area contributed by atoms with E-state index >= 15 is 0 Å². The fraction of sp³-hybridized carbons (Fsp3) is 0.818. The Hall–Kier alpha value is -0.390. The van der Waals surface area contributed by atoms with Crippen LogP contribution in [0.2, 0.25) is 0 Å². The molecule has 0 aliphatic rings. The number of rotatable bonds is 9. The maximum atomic E-state index is 11.4. The van der Waals surface area contributed by atoms with Gasteiger partial charge in [0, 0.05) is 0 Å². The Kier molecular flexibility index (Phi) is 7.75. The maximum Gasteiger partial charge on any atom is 0.472 e. The van der Waals surface area contributed by atoms with Gasteiger partial charge >= 0.3 is 7.82 Å². The molecule has 1 unspecified atom stereocenters. The standard InChI is InChI=1S/C11H24NO5P/c1-11(2)10-15-8-9-17-18(13,14)16-7-6-12(3,4)5/h10H,6-9H2,1-5H3/p+1. The van der Waals surface area contributed by atoms with E-state index in [2.05, 4.69) is 0 Å². The van der Waals surface area contributed by atoms with E-state index in [1.54, 1.807) is 6.26 Å². The molecule has 0 saturated heterocycles. The van der Waals surface area contributed by atoms with Crippen molar-refractivity contribution in [2.75, 3.05) is 47.5 Å². The molecule has 18 heavy (non-hydrogen) atoms. The first-order chi connectivity index (χ1) is 8.12. The topological polar surface area (TPSA) is 65.0 Å². The van der Waals surface area contributed by atoms with Crippen molar-refractivity contribution >= 4 is 7.82 Å². The molecule has 7 heteroatoms. The summed E-state index contributed by atoms with van der Waals surface area (Å²) >= 11 is 0. The Labute approximate surface area is 109 Å². The highest BCUT2D eigenvalue weighted by molar-refractivity contribution is 7.47. The molecule has 0 aliphatic heterocycles. The van der Waals surface area contributed by atoms with Crippen molar-refractivity contribution in [1.82, 2.24) is 0 Å². The van der Waals surface area contributed by atoms with E-state index in [0.29, 0.717) is 11.0 Å². The van der Waals surface area contributed by atoms with Gasteiger partial charge in [0.1, 0.15) is 19.8 Å². The van der Waals surface area contributed by atoms with Gasteiger partial charge < -0.3 is 14.1 Å². The van der Waals surface area contributed by atoms with Gasteiger partial charge in [-0.25, -0.2) is 4.57 Å². The number of allylic oxidation sites excluding steroid dienone is 1. The Morgan fingerprint density at radius 2 is 1.72 bits per heavy atom. The molecular formula is C11H25NO5P+. The summed E-state index contributed by atoms with van der Waals surface area (Å²) in [4.78, 5) is 9.35. The molecule has 0 aromatic carbocycles. The summed E-state index contributed by atoms with van der Waals surface area (Å²) in [5.41, 5.74) is 1.02. The zero-order chi connectivity index (χ0) is 14.2. The van der Waals surface area contributed by atoms with Gasteiger partial charge in [-0.05, 0) is 19.4 Å². The van der Waals surface area contributed by atoms with E-state index in [0.717, 1.165) is 5.57 Å². The van der Waals surface area contributed by atoms with Crippen molar-refractivity contribution in [3.63, 3.8) is 0 Å². The molecule has 0 radical (unpaired) electrons. The van der Waals surface area contributed by atoms with Gasteiger partial charge in [-0.3, -0.25) is 9.05 Å². The second-order valence-corrected chi connectivity index (χ2v) is 6.67. The Bertz CT molecular complexity index is 307. The molecular weight excluding hydrogens is 257 g/mol. The summed E-state index contributed by atoms with van der Waals surface area (Å²) in [6.07, 6.45) is 1.57. The zero-order valence-corrected chi connectivity index (χ0v) is 12.8. The molecule has 0 heterocycles. The predicted molar refractivity (Wildman–Crippen MR) is 70.0 cm³/mol. The number of phosphoric ester groups is 1. The average molecular weight is 282 g/mol. The number of likely N-dealkylation sites (N-methyl/N-ethyl adjacent to an activating group) is 1. The van der Waals surface area contributed by atoms with Crippen LogP contribution in [0.3, 0.4) is 0 Å². The highest BCUT2D eigenvalue weighted by Gasteiger charge is 2.22. The molecule has 1 atom stereocenters. The summed E-state index contributed by atoms with van der Waals surface area (Å²) in [6, 6.07) is 0. The second-order valence-electron chi connectivity index (χ2n) is 5.21. The first-order valence-corrected chi connectivity index (χ1v) is 7.29. The van der Waals surface area contributed by atoms with Crippen LogP contribution >= 0.6 is 7.82 Å². The molecule has 108 valence electrons. The summed E-state index contributed by atoms with van der Waals surface area (Å²) in [6.45, 7) is 4.82. The number of hydrogen-bond donors (Lipinski definition) is 1. The van der Waals surface area contributed by atoms with E-state index in [4.69, 9.17) is 13.8 Å². The summed E-state index contributed by atoms with van der Waals surface area (Å²) < 4.78 is 26.7. The van der Waals surface area contributed by atoms with Crippen LogP contribution in [0.1, 0.15) is 13.8 Å². The van der Waals surface area contributed by atoms with Crippen molar-refractivity contribution in [1.29, 1.82) is 0 Å². The molecule has 0 spiro atoms. The minimum Gasteiger partial charge on any atom is -0.499 e. The van der Waals surface area contributed by atoms with Crippen LogP contribution in [0.4, 0.5) is 0 Å². The molecule has 0 amide bonds. The van der Waals surface area contributed by atoms with Crippen LogP contribution in [-0.2, 0) is 18.3 Å². The minimum atomic E-state index is -3.95. The van der Waals surface area contributed by atoms with Crippen molar-refractivity contribution in [2.24, 2.45) is 0 Å². The Morgan fingerprint density at radius 3 is 2.22 bits per heavy atom. The van der Waals surface area contributed by atoms with Gasteiger partial charge in [0.25, 0.3) is 0 Å². The molecule has 0 rings (SSSR count). The van der Waals surface area contributed by atoms with Gasteiger partial charge in [-0.1, -0.05) is 0 Å². The van der Waals surface area contributed by atoms with Gasteiger partial charge in [0.15, 0.2) is 0 Å². The number of hydrogen-bond acceptors (Lipinski definition) is 4. The highest BCUT2D eigenvalue weighted by atomic mass is 31.2. The van der Waals surface area contributed by atoms with E-state index in [1.807, 2.05) is 35.0 Å². The Balaban J connectivity index is 3.74. The second kappa shape index (κ2) is 7.92. The lowest BCUT2D eigenvalue weighted by Gasteiger charge is -2.23. The third-order valence-corrected chi connectivity index (χ3v) is 2.81. The summed E-state index contributed by atoms with van der Waals surface area (Å²) in [7, 11) is 1.96. The van der Waals surface area contributed by atoms with Crippen molar-refractivity contribution < 1.29 is 27.7 Å². The van der Waals surface area contributed by atoms with Gasteiger partial charge in [0.05, 0.1) is 34.0 Å². The molecule has 0 aromatic rings. The number of phosphoric acid groups is 1. The number of nitrogens with zero attached hydrogens (tertiary/aromatic N) is 1. The first-order valence-electron chi connectivity index (χ1n) is 5.80. The van der Waals surface area contributed by atoms with Crippen LogP contribution in [0, 0.1) is 0 Å². The molecule has 0 saturated carbocycles. The Morgan fingerprint density at radius 1 is 1.17 bits per heavy atom. The lowest BCUT2D eigenvalue weighted by Crippen LogP contribution is -2.37. The largest absolute Gasteiger partial charge is 0.499 e. The quantitative estimate of drug-likeness (QED) is 0.302. The fourth-order valence-corrected chi connectivity index (χ4v) is 1.59. The van der Waals surface area contributed by atoms with Crippen LogP contribution in [0.5, 0.6) is 0 Å². The van der Waals surface area contributed by atoms with Crippen LogP contribution in [0.15, 0.2) is 11.8 Å². The van der Waals surface area contributed by atoms with E-state index in [1.165, 1.54) is 0 Å². The number of ether oxygens (including phenoxy) is 1. The molecule has 6 nitrogen and oxygen atoms in total.